The van der Waals surface area contributed by atoms with Gasteiger partial charge in [0, 0.05) is 76.3 Å². The van der Waals surface area contributed by atoms with E-state index in [0.29, 0.717) is 75.8 Å². The molecular formula is C48H53ClN8O6S. The molecule has 6 aromatic rings. The largest absolute Gasteiger partial charge is 0.496 e. The number of pyridine rings is 1. The highest BCUT2D eigenvalue weighted by molar-refractivity contribution is 7.13. The molecule has 1 fully saturated rings. The molecule has 5 heterocycles. The van der Waals surface area contributed by atoms with E-state index in [9.17, 15) is 9.90 Å². The molecule has 0 radical (unpaired) electrons. The topological polar surface area (TPSA) is 150 Å². The van der Waals surface area contributed by atoms with E-state index in [4.69, 9.17) is 50.0 Å². The molecule has 1 saturated heterocycles. The van der Waals surface area contributed by atoms with Crippen LogP contribution < -0.4 is 14.2 Å². The summed E-state index contributed by atoms with van der Waals surface area (Å²) in [6.07, 6.45) is 5.28. The molecule has 2 aromatic carbocycles. The summed E-state index contributed by atoms with van der Waals surface area (Å²) in [7, 11) is 3.76. The van der Waals surface area contributed by atoms with Gasteiger partial charge in [-0.25, -0.2) is 14.8 Å². The smallest absolute Gasteiger partial charge is 0.345 e. The summed E-state index contributed by atoms with van der Waals surface area (Å²) in [6, 6.07) is 18.6. The number of fused-ring (bicyclic) bond motifs is 1. The zero-order valence-corrected chi connectivity index (χ0v) is 38.4. The van der Waals surface area contributed by atoms with Crippen molar-refractivity contribution in [1.29, 1.82) is 0 Å². The fourth-order valence-corrected chi connectivity index (χ4v) is 9.01. The Kier molecular flexibility index (Phi) is 14.2. The van der Waals surface area contributed by atoms with Crippen molar-refractivity contribution in [2.45, 2.75) is 59.3 Å². The van der Waals surface area contributed by atoms with Crippen molar-refractivity contribution < 1.29 is 28.8 Å². The minimum absolute atomic E-state index is 0.00123. The van der Waals surface area contributed by atoms with Crippen LogP contribution in [0.1, 0.15) is 50.4 Å². The van der Waals surface area contributed by atoms with Crippen LogP contribution in [0.3, 0.4) is 0 Å². The lowest BCUT2D eigenvalue weighted by Crippen LogP contribution is -2.45. The van der Waals surface area contributed by atoms with Gasteiger partial charge in [-0.1, -0.05) is 55.8 Å². The number of para-hydroxylation sites is 2. The second-order valence-corrected chi connectivity index (χ2v) is 17.7. The summed E-state index contributed by atoms with van der Waals surface area (Å²) >= 11 is 8.38. The molecule has 16 heteroatoms. The van der Waals surface area contributed by atoms with Crippen molar-refractivity contribution in [2.75, 3.05) is 53.5 Å². The van der Waals surface area contributed by atoms with Crippen molar-refractivity contribution in [3.63, 3.8) is 0 Å². The molecule has 1 aliphatic heterocycles. The van der Waals surface area contributed by atoms with Crippen LogP contribution in [-0.4, -0.2) is 110 Å². The first-order valence-corrected chi connectivity index (χ1v) is 22.7. The summed E-state index contributed by atoms with van der Waals surface area (Å²) in [6.45, 7) is 12.7. The molecule has 2 aliphatic rings. The molecule has 1 atom stereocenters. The SMILES string of the molecule is COc1ccccc1-c1nccc(COc2ccccc2C[C@@H](Oc2nsc3cnc(-c4ccn(CC(C)C)n4)c(C4=C(C)C(Cl)=C(OCCN5CCN(C)CC5)CC4)c23)C(=O)O)n1. The van der Waals surface area contributed by atoms with Gasteiger partial charge in [-0.2, -0.15) is 9.47 Å². The van der Waals surface area contributed by atoms with Gasteiger partial charge in [-0.3, -0.25) is 14.6 Å². The van der Waals surface area contributed by atoms with Crippen molar-refractivity contribution in [1.82, 2.24) is 38.9 Å². The van der Waals surface area contributed by atoms with Crippen LogP contribution in [0.2, 0.25) is 0 Å². The molecule has 0 unspecified atom stereocenters. The van der Waals surface area contributed by atoms with Crippen LogP contribution in [0.5, 0.6) is 17.4 Å². The quantitative estimate of drug-likeness (QED) is 0.0878. The number of hydrogen-bond acceptors (Lipinski definition) is 13. The fraction of sp³-hybridized carbons (Fsp3) is 0.375. The van der Waals surface area contributed by atoms with Gasteiger partial charge in [0.15, 0.2) is 5.82 Å². The Labute approximate surface area is 382 Å². The van der Waals surface area contributed by atoms with E-state index in [0.717, 1.165) is 72.0 Å². The molecule has 0 amide bonds. The first-order chi connectivity index (χ1) is 31.1. The molecular weight excluding hydrogens is 852 g/mol. The number of ether oxygens (including phenoxy) is 4. The van der Waals surface area contributed by atoms with Gasteiger partial charge < -0.3 is 29.0 Å². The number of carbonyl (C=O) groups is 1. The van der Waals surface area contributed by atoms with Gasteiger partial charge in [0.1, 0.15) is 36.2 Å². The summed E-state index contributed by atoms with van der Waals surface area (Å²) in [5, 5.41) is 16.9. The highest BCUT2D eigenvalue weighted by atomic mass is 35.5. The maximum Gasteiger partial charge on any atom is 0.345 e. The number of piperazine rings is 1. The number of hydrogen-bond donors (Lipinski definition) is 1. The Morgan fingerprint density at radius 3 is 2.53 bits per heavy atom. The Morgan fingerprint density at radius 2 is 1.75 bits per heavy atom. The third kappa shape index (κ3) is 10.2. The van der Waals surface area contributed by atoms with Crippen molar-refractivity contribution in [2.24, 2.45) is 5.92 Å². The van der Waals surface area contributed by atoms with Crippen LogP contribution in [0, 0.1) is 5.92 Å². The number of nitrogens with zero attached hydrogens (tertiary/aromatic N) is 8. The monoisotopic (exact) mass is 904 g/mol. The summed E-state index contributed by atoms with van der Waals surface area (Å²) in [5.41, 5.74) is 5.96. The second-order valence-electron chi connectivity index (χ2n) is 16.5. The normalized spacial score (nSPS) is 15.5. The minimum atomic E-state index is -1.31. The van der Waals surface area contributed by atoms with Crippen LogP contribution in [-0.2, 0) is 29.1 Å². The van der Waals surface area contributed by atoms with Gasteiger partial charge in [-0.15, -0.1) is 0 Å². The Bertz CT molecular complexity index is 2670. The first kappa shape index (κ1) is 44.7. The van der Waals surface area contributed by atoms with Crippen molar-refractivity contribution >= 4 is 44.8 Å². The molecule has 0 spiro atoms. The fourth-order valence-electron chi connectivity index (χ4n) is 8.05. The summed E-state index contributed by atoms with van der Waals surface area (Å²) in [4.78, 5) is 32.0. The summed E-state index contributed by atoms with van der Waals surface area (Å²) in [5.74, 6) is 1.88. The average molecular weight is 906 g/mol. The van der Waals surface area contributed by atoms with Gasteiger partial charge in [-0.05, 0) is 84.9 Å². The van der Waals surface area contributed by atoms with E-state index in [2.05, 4.69) is 35.7 Å². The van der Waals surface area contributed by atoms with Crippen LogP contribution in [0.25, 0.3) is 38.4 Å². The molecule has 64 heavy (non-hydrogen) atoms. The lowest BCUT2D eigenvalue weighted by molar-refractivity contribution is -0.145. The number of carboxylic acids is 1. The lowest BCUT2D eigenvalue weighted by atomic mass is 9.88. The third-order valence-corrected chi connectivity index (χ3v) is 12.7. The van der Waals surface area contributed by atoms with Crippen LogP contribution in [0.15, 0.2) is 95.6 Å². The number of carboxylic acid groups (broad SMARTS) is 1. The van der Waals surface area contributed by atoms with E-state index in [-0.39, 0.29) is 18.9 Å². The number of aliphatic carboxylic acids is 1. The maximum absolute atomic E-state index is 13.1. The average Bonchev–Trinajstić information content (AvgIpc) is 3.94. The third-order valence-electron chi connectivity index (χ3n) is 11.5. The number of allylic oxidation sites excluding steroid dienone is 4. The van der Waals surface area contributed by atoms with Crippen molar-refractivity contribution in [3.05, 3.63) is 112 Å². The molecule has 0 saturated carbocycles. The molecule has 334 valence electrons. The van der Waals surface area contributed by atoms with E-state index >= 15 is 0 Å². The molecule has 0 bridgehead atoms. The Morgan fingerprint density at radius 1 is 0.969 bits per heavy atom. The minimum Gasteiger partial charge on any atom is -0.496 e. The molecule has 4 aromatic heterocycles. The van der Waals surface area contributed by atoms with E-state index in [1.165, 1.54) is 11.5 Å². The van der Waals surface area contributed by atoms with Crippen LogP contribution in [0.4, 0.5) is 0 Å². The summed E-state index contributed by atoms with van der Waals surface area (Å²) < 4.78 is 32.0. The van der Waals surface area contributed by atoms with E-state index in [1.807, 2.05) is 72.4 Å². The van der Waals surface area contributed by atoms with Gasteiger partial charge in [0.25, 0.3) is 0 Å². The molecule has 14 nitrogen and oxygen atoms in total. The number of benzene rings is 2. The standard InChI is InChI=1S/C48H53ClN8O6S/c1-30(2)28-57-19-17-36(53-57)45-42(34-14-15-39(44(49)31(34)3)61-25-24-56-22-20-55(4)21-23-56)43-41(27-51-45)64-54-47(43)63-40(48(58)59)26-32-10-6-8-12-37(32)62-29-33-16-18-50-46(52-33)35-11-7-9-13-38(35)60-5/h6-13,16-19,27,30,40H,14-15,20-26,28-29H2,1-5H3,(H,58,59)/t40-/m1/s1. The van der Waals surface area contributed by atoms with E-state index < -0.39 is 12.1 Å². The number of rotatable bonds is 18. The Balaban J connectivity index is 1.09. The number of methoxy groups -OCH3 is 1. The predicted molar refractivity (Wildman–Crippen MR) is 249 cm³/mol. The zero-order chi connectivity index (χ0) is 44.7. The Hall–Kier alpha value is -5.87. The lowest BCUT2D eigenvalue weighted by Gasteiger charge is -2.32. The number of aromatic nitrogens is 6. The van der Waals surface area contributed by atoms with Gasteiger partial charge in [0.05, 0.1) is 39.2 Å². The molecule has 1 N–H and O–H groups in total. The van der Waals surface area contributed by atoms with E-state index in [1.54, 1.807) is 25.6 Å². The predicted octanol–water partition coefficient (Wildman–Crippen LogP) is 8.61. The maximum atomic E-state index is 13.1. The number of likely N-dealkylation sites (N-methyl/N-ethyl adjacent to an activating group) is 1. The van der Waals surface area contributed by atoms with Crippen LogP contribution >= 0.6 is 23.1 Å². The zero-order valence-electron chi connectivity index (χ0n) is 36.8. The molecule has 8 rings (SSSR count). The highest BCUT2D eigenvalue weighted by Crippen LogP contribution is 2.46. The first-order valence-electron chi connectivity index (χ1n) is 21.6. The van der Waals surface area contributed by atoms with Gasteiger partial charge >= 0.3 is 5.97 Å². The molecule has 1 aliphatic carbocycles. The number of halogens is 1. The van der Waals surface area contributed by atoms with Gasteiger partial charge in [0.2, 0.25) is 12.0 Å². The second kappa shape index (κ2) is 20.3. The van der Waals surface area contributed by atoms with Crippen molar-refractivity contribution in [3.8, 4) is 40.2 Å². The highest BCUT2D eigenvalue weighted by Gasteiger charge is 2.31.